The van der Waals surface area contributed by atoms with Crippen LogP contribution in [0.5, 0.6) is 0 Å². The van der Waals surface area contributed by atoms with Crippen molar-refractivity contribution in [2.75, 3.05) is 43.4 Å². The highest BCUT2D eigenvalue weighted by Crippen LogP contribution is 2.33. The minimum Gasteiger partial charge on any atom is -0.369 e. The van der Waals surface area contributed by atoms with Gasteiger partial charge in [0.2, 0.25) is 11.7 Å². The van der Waals surface area contributed by atoms with E-state index in [4.69, 9.17) is 10.3 Å². The fourth-order valence-corrected chi connectivity index (χ4v) is 3.98. The van der Waals surface area contributed by atoms with E-state index in [9.17, 15) is 4.79 Å². The van der Waals surface area contributed by atoms with E-state index in [1.165, 1.54) is 5.69 Å². The number of anilines is 3. The van der Waals surface area contributed by atoms with E-state index >= 15 is 0 Å². The lowest BCUT2D eigenvalue weighted by Crippen LogP contribution is -2.44. The molecule has 1 aliphatic heterocycles. The molecule has 0 saturated carbocycles. The van der Waals surface area contributed by atoms with E-state index in [1.807, 2.05) is 12.1 Å². The van der Waals surface area contributed by atoms with Gasteiger partial charge in [-0.2, -0.15) is 0 Å². The Balaban J connectivity index is 1.36. The second-order valence-electron chi connectivity index (χ2n) is 7.73. The van der Waals surface area contributed by atoms with Crippen LogP contribution >= 0.6 is 0 Å². The van der Waals surface area contributed by atoms with Gasteiger partial charge in [-0.1, -0.05) is 5.16 Å². The molecule has 2 aromatic heterocycles. The smallest absolute Gasteiger partial charge is 0.287 e. The molecular weight excluding hydrogens is 382 g/mol. The topological polar surface area (TPSA) is 113 Å². The van der Waals surface area contributed by atoms with Crippen LogP contribution in [0.4, 0.5) is 17.3 Å². The summed E-state index contributed by atoms with van der Waals surface area (Å²) in [5.74, 6) is -0.0270. The van der Waals surface area contributed by atoms with Crippen molar-refractivity contribution >= 4 is 23.2 Å². The van der Waals surface area contributed by atoms with Crippen molar-refractivity contribution in [3.8, 4) is 11.4 Å². The maximum Gasteiger partial charge on any atom is 0.287 e. The third-order valence-electron chi connectivity index (χ3n) is 5.74. The van der Waals surface area contributed by atoms with Crippen LogP contribution in [0.2, 0.25) is 0 Å². The number of aryl methyl sites for hydroxylation is 1. The Hall–Kier alpha value is -3.46. The van der Waals surface area contributed by atoms with Crippen molar-refractivity contribution in [3.05, 3.63) is 47.3 Å². The third kappa shape index (κ3) is 3.37. The minimum atomic E-state index is -0.611. The number of fused-ring (bicyclic) bond motifs is 3. The molecule has 9 nitrogen and oxygen atoms in total. The molecule has 30 heavy (non-hydrogen) atoms. The van der Waals surface area contributed by atoms with Gasteiger partial charge < -0.3 is 25.4 Å². The number of likely N-dealkylation sites (N-methyl/N-ethyl adjacent to an activating group) is 1. The van der Waals surface area contributed by atoms with Crippen LogP contribution in [0.1, 0.15) is 21.7 Å². The molecule has 5 rings (SSSR count). The van der Waals surface area contributed by atoms with E-state index in [1.54, 1.807) is 6.20 Å². The summed E-state index contributed by atoms with van der Waals surface area (Å²) < 4.78 is 5.16. The zero-order chi connectivity index (χ0) is 20.7. The number of carbonyl (C=O) groups is 1. The Morgan fingerprint density at radius 3 is 2.60 bits per heavy atom. The Kier molecular flexibility index (Phi) is 4.59. The van der Waals surface area contributed by atoms with Gasteiger partial charge in [0.15, 0.2) is 0 Å². The molecule has 0 atom stereocenters. The molecule has 3 N–H and O–H groups in total. The molecule has 0 radical (unpaired) electrons. The van der Waals surface area contributed by atoms with Crippen molar-refractivity contribution in [2.24, 2.45) is 5.73 Å². The molecule has 3 aromatic rings. The highest BCUT2D eigenvalue weighted by molar-refractivity contribution is 5.93. The first-order chi connectivity index (χ1) is 14.6. The number of aromatic nitrogens is 3. The fraction of sp³-hybridized carbons (Fsp3) is 0.333. The average Bonchev–Trinajstić information content (AvgIpc) is 3.20. The van der Waals surface area contributed by atoms with Crippen molar-refractivity contribution < 1.29 is 9.32 Å². The number of carbonyl (C=O) groups excluding carboxylic acids is 1. The Morgan fingerprint density at radius 1 is 1.10 bits per heavy atom. The first-order valence-corrected chi connectivity index (χ1v) is 10.0. The van der Waals surface area contributed by atoms with Crippen LogP contribution in [0.15, 0.2) is 35.0 Å². The van der Waals surface area contributed by atoms with Crippen LogP contribution in [0.25, 0.3) is 11.4 Å². The predicted molar refractivity (Wildman–Crippen MR) is 113 cm³/mol. The lowest BCUT2D eigenvalue weighted by atomic mass is 9.93. The number of rotatable bonds is 4. The summed E-state index contributed by atoms with van der Waals surface area (Å²) in [4.78, 5) is 25.3. The van der Waals surface area contributed by atoms with Crippen LogP contribution in [0.3, 0.4) is 0 Å². The molecule has 1 amide bonds. The van der Waals surface area contributed by atoms with E-state index in [0.29, 0.717) is 30.2 Å². The van der Waals surface area contributed by atoms with Crippen LogP contribution in [-0.2, 0) is 12.8 Å². The number of nitrogens with one attached hydrogen (secondary N) is 1. The van der Waals surface area contributed by atoms with Crippen LogP contribution in [-0.4, -0.2) is 59.2 Å². The lowest BCUT2D eigenvalue weighted by molar-refractivity contribution is 0.0964. The molecule has 0 spiro atoms. The van der Waals surface area contributed by atoms with Gasteiger partial charge in [-0.05, 0) is 49.7 Å². The van der Waals surface area contributed by atoms with E-state index in [0.717, 1.165) is 43.0 Å². The number of benzene rings is 1. The first-order valence-electron chi connectivity index (χ1n) is 10.0. The molecule has 1 aliphatic carbocycles. The molecule has 9 heteroatoms. The summed E-state index contributed by atoms with van der Waals surface area (Å²) in [7, 11) is 2.15. The van der Waals surface area contributed by atoms with Gasteiger partial charge in [0.05, 0.1) is 0 Å². The van der Waals surface area contributed by atoms with Crippen molar-refractivity contribution in [1.29, 1.82) is 0 Å². The standard InChI is InChI=1S/C21H23N7O2/c1-27-8-10-28(11-9-27)15-5-3-14(4-6-15)24-21-23-12-13-2-7-16-18(17(13)25-21)26-30-19(16)20(22)29/h3-6,12H,2,7-11H2,1H3,(H2,22,29)(H,23,24,25). The highest BCUT2D eigenvalue weighted by Gasteiger charge is 2.28. The fourth-order valence-electron chi connectivity index (χ4n) is 3.98. The first kappa shape index (κ1) is 18.6. The summed E-state index contributed by atoms with van der Waals surface area (Å²) in [6.45, 7) is 4.21. The number of hydrogen-bond acceptors (Lipinski definition) is 8. The molecule has 154 valence electrons. The minimum absolute atomic E-state index is 0.114. The van der Waals surface area contributed by atoms with Gasteiger partial charge in [0.25, 0.3) is 5.91 Å². The van der Waals surface area contributed by atoms with Crippen molar-refractivity contribution in [2.45, 2.75) is 12.8 Å². The Morgan fingerprint density at radius 2 is 1.87 bits per heavy atom. The van der Waals surface area contributed by atoms with E-state index in [2.05, 4.69) is 49.4 Å². The van der Waals surface area contributed by atoms with Gasteiger partial charge in [-0.25, -0.2) is 9.97 Å². The van der Waals surface area contributed by atoms with Crippen LogP contribution < -0.4 is 16.0 Å². The summed E-state index contributed by atoms with van der Waals surface area (Å²) in [5, 5.41) is 7.29. The number of nitrogens with two attached hydrogens (primary N) is 1. The number of primary amides is 1. The molecule has 0 unspecified atom stereocenters. The van der Waals surface area contributed by atoms with E-state index in [-0.39, 0.29) is 5.76 Å². The maximum atomic E-state index is 11.5. The molecule has 1 aromatic carbocycles. The SMILES string of the molecule is CN1CCN(c2ccc(Nc3ncc4c(n3)-c3noc(C(N)=O)c3CC4)cc2)CC1. The Labute approximate surface area is 173 Å². The Bertz CT molecular complexity index is 1090. The quantitative estimate of drug-likeness (QED) is 0.676. The lowest BCUT2D eigenvalue weighted by Gasteiger charge is -2.34. The number of nitrogens with zero attached hydrogens (tertiary/aromatic N) is 5. The number of piperazine rings is 1. The third-order valence-corrected chi connectivity index (χ3v) is 5.74. The molecule has 1 saturated heterocycles. The number of hydrogen-bond donors (Lipinski definition) is 2. The molecule has 0 bridgehead atoms. The maximum absolute atomic E-state index is 11.5. The zero-order valence-corrected chi connectivity index (χ0v) is 16.8. The van der Waals surface area contributed by atoms with E-state index < -0.39 is 5.91 Å². The molecular formula is C21H23N7O2. The normalized spacial score (nSPS) is 16.1. The van der Waals surface area contributed by atoms with Crippen molar-refractivity contribution in [3.63, 3.8) is 0 Å². The van der Waals surface area contributed by atoms with Crippen molar-refractivity contribution in [1.82, 2.24) is 20.0 Å². The summed E-state index contributed by atoms with van der Waals surface area (Å²) in [6.07, 6.45) is 3.14. The monoisotopic (exact) mass is 405 g/mol. The van der Waals surface area contributed by atoms with Gasteiger partial charge in [0.1, 0.15) is 11.4 Å². The second-order valence-corrected chi connectivity index (χ2v) is 7.73. The molecule has 2 aliphatic rings. The predicted octanol–water partition coefficient (Wildman–Crippen LogP) is 1.82. The summed E-state index contributed by atoms with van der Waals surface area (Å²) >= 11 is 0. The average molecular weight is 405 g/mol. The van der Waals surface area contributed by atoms with Crippen LogP contribution in [0, 0.1) is 0 Å². The number of amides is 1. The summed E-state index contributed by atoms with van der Waals surface area (Å²) in [5.41, 5.74) is 10.4. The van der Waals surface area contributed by atoms with Gasteiger partial charge in [-0.3, -0.25) is 4.79 Å². The van der Waals surface area contributed by atoms with Gasteiger partial charge in [0, 0.05) is 49.3 Å². The largest absolute Gasteiger partial charge is 0.369 e. The second kappa shape index (κ2) is 7.42. The molecule has 1 fully saturated rings. The van der Waals surface area contributed by atoms with Gasteiger partial charge in [-0.15, -0.1) is 0 Å². The van der Waals surface area contributed by atoms with Gasteiger partial charge >= 0.3 is 0 Å². The highest BCUT2D eigenvalue weighted by atomic mass is 16.5. The summed E-state index contributed by atoms with van der Waals surface area (Å²) in [6, 6.07) is 8.29. The molecule has 3 heterocycles. The zero-order valence-electron chi connectivity index (χ0n) is 16.8.